The molecule has 0 atom stereocenters. The molecule has 2 N–H and O–H groups in total. The van der Waals surface area contributed by atoms with Crippen molar-refractivity contribution in [3.8, 4) is 5.75 Å². The van der Waals surface area contributed by atoms with Gasteiger partial charge in [-0.1, -0.05) is 12.1 Å². The molecule has 0 unspecified atom stereocenters. The monoisotopic (exact) mass is 320 g/mol. The highest BCUT2D eigenvalue weighted by Gasteiger charge is 2.19. The maximum atomic E-state index is 12.4. The van der Waals surface area contributed by atoms with Gasteiger partial charge in [-0.25, -0.2) is 8.42 Å². The van der Waals surface area contributed by atoms with E-state index in [4.69, 9.17) is 4.74 Å². The predicted octanol–water partition coefficient (Wildman–Crippen LogP) is 1.86. The third kappa shape index (κ3) is 3.37. The van der Waals surface area contributed by atoms with Crippen LogP contribution in [-0.4, -0.2) is 28.5 Å². The Kier molecular flexibility index (Phi) is 4.67. The fourth-order valence-electron chi connectivity index (χ4n) is 1.88. The first-order valence-electron chi connectivity index (χ1n) is 6.46. The Labute approximate surface area is 129 Å². The van der Waals surface area contributed by atoms with Crippen LogP contribution in [0, 0.1) is 0 Å². The van der Waals surface area contributed by atoms with Gasteiger partial charge in [0, 0.05) is 18.3 Å². The van der Waals surface area contributed by atoms with Crippen LogP contribution in [0.2, 0.25) is 0 Å². The van der Waals surface area contributed by atoms with Crippen molar-refractivity contribution in [3.05, 3.63) is 54.1 Å². The first-order valence-corrected chi connectivity index (χ1v) is 7.94. The molecule has 0 aliphatic rings. The molecule has 0 saturated carbocycles. The number of hydrogen-bond donors (Lipinski definition) is 2. The largest absolute Gasteiger partial charge is 0.495 e. The number of para-hydroxylation sites is 1. The Morgan fingerprint density at radius 3 is 2.27 bits per heavy atom. The number of anilines is 1. The van der Waals surface area contributed by atoms with Crippen LogP contribution in [0.3, 0.4) is 0 Å². The van der Waals surface area contributed by atoms with Crippen LogP contribution >= 0.6 is 0 Å². The van der Waals surface area contributed by atoms with Crippen molar-refractivity contribution in [1.82, 2.24) is 5.32 Å². The number of carbonyl (C=O) groups excluding carboxylic acids is 1. The smallest absolute Gasteiger partial charge is 0.265 e. The molecular weight excluding hydrogens is 304 g/mol. The molecule has 0 bridgehead atoms. The average molecular weight is 320 g/mol. The highest BCUT2D eigenvalue weighted by molar-refractivity contribution is 7.92. The van der Waals surface area contributed by atoms with Gasteiger partial charge in [0.1, 0.15) is 10.6 Å². The van der Waals surface area contributed by atoms with Gasteiger partial charge >= 0.3 is 0 Å². The van der Waals surface area contributed by atoms with Crippen LogP contribution in [0.25, 0.3) is 0 Å². The van der Waals surface area contributed by atoms with Crippen molar-refractivity contribution in [3.63, 3.8) is 0 Å². The third-order valence-electron chi connectivity index (χ3n) is 2.98. The first kappa shape index (κ1) is 15.8. The fourth-order valence-corrected chi connectivity index (χ4v) is 3.12. The van der Waals surface area contributed by atoms with Gasteiger partial charge in [-0.05, 0) is 36.4 Å². The first-order chi connectivity index (χ1) is 10.5. The minimum atomic E-state index is -3.77. The second-order valence-electron chi connectivity index (χ2n) is 4.41. The highest BCUT2D eigenvalue weighted by Crippen LogP contribution is 2.25. The lowest BCUT2D eigenvalue weighted by Crippen LogP contribution is -2.18. The minimum Gasteiger partial charge on any atom is -0.495 e. The molecule has 0 saturated heterocycles. The maximum Gasteiger partial charge on any atom is 0.265 e. The van der Waals surface area contributed by atoms with Crippen LogP contribution < -0.4 is 14.8 Å². The van der Waals surface area contributed by atoms with Crippen LogP contribution in [0.1, 0.15) is 10.4 Å². The number of methoxy groups -OCH3 is 1. The zero-order valence-corrected chi connectivity index (χ0v) is 13.0. The number of ether oxygens (including phenoxy) is 1. The van der Waals surface area contributed by atoms with Gasteiger partial charge in [-0.15, -0.1) is 0 Å². The number of benzene rings is 2. The minimum absolute atomic E-state index is 0.0490. The van der Waals surface area contributed by atoms with E-state index < -0.39 is 10.0 Å². The van der Waals surface area contributed by atoms with Crippen LogP contribution in [0.5, 0.6) is 5.75 Å². The summed E-state index contributed by atoms with van der Waals surface area (Å²) in [6.45, 7) is 0. The fraction of sp³-hybridized carbons (Fsp3) is 0.133. The van der Waals surface area contributed by atoms with Gasteiger partial charge in [0.25, 0.3) is 15.9 Å². The molecule has 0 spiro atoms. The lowest BCUT2D eigenvalue weighted by Gasteiger charge is -2.11. The summed E-state index contributed by atoms with van der Waals surface area (Å²) in [4.78, 5) is 11.5. The van der Waals surface area contributed by atoms with Crippen LogP contribution in [-0.2, 0) is 10.0 Å². The molecule has 6 nitrogen and oxygen atoms in total. The third-order valence-corrected chi connectivity index (χ3v) is 4.41. The molecule has 2 rings (SSSR count). The summed E-state index contributed by atoms with van der Waals surface area (Å²) in [6, 6.07) is 12.5. The van der Waals surface area contributed by atoms with Gasteiger partial charge < -0.3 is 10.1 Å². The van der Waals surface area contributed by atoms with E-state index >= 15 is 0 Å². The highest BCUT2D eigenvalue weighted by atomic mass is 32.2. The predicted molar refractivity (Wildman–Crippen MR) is 83.6 cm³/mol. The van der Waals surface area contributed by atoms with Crippen LogP contribution in [0.4, 0.5) is 5.69 Å². The van der Waals surface area contributed by atoms with E-state index in [-0.39, 0.29) is 16.6 Å². The van der Waals surface area contributed by atoms with Crippen molar-refractivity contribution in [2.24, 2.45) is 0 Å². The van der Waals surface area contributed by atoms with Crippen LogP contribution in [0.15, 0.2) is 53.4 Å². The topological polar surface area (TPSA) is 84.5 Å². The number of carbonyl (C=O) groups is 1. The molecule has 0 aliphatic carbocycles. The molecule has 7 heteroatoms. The van der Waals surface area contributed by atoms with Crippen molar-refractivity contribution in [2.45, 2.75) is 4.90 Å². The van der Waals surface area contributed by atoms with E-state index in [0.29, 0.717) is 11.3 Å². The van der Waals surface area contributed by atoms with Gasteiger partial charge in [-0.3, -0.25) is 9.52 Å². The average Bonchev–Trinajstić information content (AvgIpc) is 2.54. The van der Waals surface area contributed by atoms with E-state index in [2.05, 4.69) is 10.0 Å². The summed E-state index contributed by atoms with van der Waals surface area (Å²) < 4.78 is 32.3. The van der Waals surface area contributed by atoms with Gasteiger partial charge in [0.2, 0.25) is 0 Å². The zero-order valence-electron chi connectivity index (χ0n) is 12.2. The van der Waals surface area contributed by atoms with Crippen molar-refractivity contribution in [2.75, 3.05) is 18.9 Å². The van der Waals surface area contributed by atoms with E-state index in [1.807, 2.05) is 0 Å². The van der Waals surface area contributed by atoms with Gasteiger partial charge in [0.05, 0.1) is 7.11 Å². The second-order valence-corrected chi connectivity index (χ2v) is 6.06. The SMILES string of the molecule is CNC(=O)c1ccc(NS(=O)(=O)c2ccccc2OC)cc1. The molecule has 2 aromatic rings. The van der Waals surface area contributed by atoms with Crippen molar-refractivity contribution in [1.29, 1.82) is 0 Å². The Hall–Kier alpha value is -2.54. The molecular formula is C15H16N2O4S. The maximum absolute atomic E-state index is 12.4. The Balaban J connectivity index is 2.27. The van der Waals surface area contributed by atoms with Crippen molar-refractivity contribution < 1.29 is 17.9 Å². The molecule has 116 valence electrons. The molecule has 0 aromatic heterocycles. The molecule has 0 radical (unpaired) electrons. The molecule has 2 aromatic carbocycles. The number of rotatable bonds is 5. The number of hydrogen-bond acceptors (Lipinski definition) is 4. The quantitative estimate of drug-likeness (QED) is 0.880. The second kappa shape index (κ2) is 6.48. The molecule has 0 aliphatic heterocycles. The molecule has 0 fully saturated rings. The standard InChI is InChI=1S/C15H16N2O4S/c1-16-15(18)11-7-9-12(10-8-11)17-22(19,20)14-6-4-3-5-13(14)21-2/h3-10,17H,1-2H3,(H,16,18). The Morgan fingerprint density at radius 2 is 1.68 bits per heavy atom. The molecule has 22 heavy (non-hydrogen) atoms. The number of sulfonamides is 1. The zero-order chi connectivity index (χ0) is 16.2. The Morgan fingerprint density at radius 1 is 1.05 bits per heavy atom. The van der Waals surface area contributed by atoms with Gasteiger partial charge in [0.15, 0.2) is 0 Å². The number of nitrogens with one attached hydrogen (secondary N) is 2. The Bertz CT molecular complexity index is 770. The number of amides is 1. The lowest BCUT2D eigenvalue weighted by atomic mass is 10.2. The summed E-state index contributed by atoms with van der Waals surface area (Å²) in [5.41, 5.74) is 0.807. The van der Waals surface area contributed by atoms with E-state index in [1.165, 1.54) is 32.4 Å². The summed E-state index contributed by atoms with van der Waals surface area (Å²) in [7, 11) is -0.833. The van der Waals surface area contributed by atoms with E-state index in [1.54, 1.807) is 30.3 Å². The van der Waals surface area contributed by atoms with E-state index in [9.17, 15) is 13.2 Å². The molecule has 1 amide bonds. The summed E-state index contributed by atoms with van der Waals surface area (Å²) in [6.07, 6.45) is 0. The van der Waals surface area contributed by atoms with E-state index in [0.717, 1.165) is 0 Å². The normalized spacial score (nSPS) is 10.8. The molecule has 0 heterocycles. The van der Waals surface area contributed by atoms with Gasteiger partial charge in [-0.2, -0.15) is 0 Å². The summed E-state index contributed by atoms with van der Waals surface area (Å²) >= 11 is 0. The lowest BCUT2D eigenvalue weighted by molar-refractivity contribution is 0.0963. The summed E-state index contributed by atoms with van der Waals surface area (Å²) in [5.74, 6) is 0.0242. The summed E-state index contributed by atoms with van der Waals surface area (Å²) in [5, 5.41) is 2.50. The van der Waals surface area contributed by atoms with Crippen molar-refractivity contribution >= 4 is 21.6 Å².